The minimum absolute atomic E-state index is 0.0503. The average molecular weight is 508 g/mol. The number of hydrogen-bond donors (Lipinski definition) is 4. The van der Waals surface area contributed by atoms with E-state index in [2.05, 4.69) is 17.2 Å². The third-order valence-electron chi connectivity index (χ3n) is 6.99. The number of methoxy groups -OCH3 is 2. The van der Waals surface area contributed by atoms with Gasteiger partial charge in [0.1, 0.15) is 34.2 Å². The number of rotatable bonds is 8. The van der Waals surface area contributed by atoms with Crippen LogP contribution in [0.1, 0.15) is 24.8 Å². The van der Waals surface area contributed by atoms with Crippen molar-refractivity contribution in [1.82, 2.24) is 15.5 Å². The van der Waals surface area contributed by atoms with Crippen molar-refractivity contribution in [3.63, 3.8) is 0 Å². The van der Waals surface area contributed by atoms with Crippen molar-refractivity contribution >= 4 is 17.5 Å². The molecule has 0 radical (unpaired) electrons. The molecule has 10 heteroatoms. The molecule has 4 rings (SSSR count). The standard InChI is InChI=1S/C27H33N5O5/c1-4-22(33)32-11-8-16(9-12-32)18-7-10-30-27(31-18)24(26(29)34)25(28)17-14-20(35-2)23(21(15-17)36-3)19-6-5-13-37-19/h4-6,13-16,18,28,30-31H,1,7-12H2,2-3H3,(H2,29,34)/b27-24+,28-25?. The second kappa shape index (κ2) is 11.2. The molecule has 1 unspecified atom stereocenters. The molecule has 2 aliphatic rings. The van der Waals surface area contributed by atoms with Crippen LogP contribution in [0.5, 0.6) is 11.5 Å². The number of furan rings is 1. The molecule has 0 saturated carbocycles. The van der Waals surface area contributed by atoms with Crippen LogP contribution in [0.25, 0.3) is 11.3 Å². The number of hydrogen-bond acceptors (Lipinski definition) is 8. The van der Waals surface area contributed by atoms with Gasteiger partial charge >= 0.3 is 0 Å². The monoisotopic (exact) mass is 507 g/mol. The first kappa shape index (κ1) is 25.9. The number of carbonyl (C=O) groups is 2. The number of piperidine rings is 1. The fourth-order valence-corrected chi connectivity index (χ4v) is 5.06. The van der Waals surface area contributed by atoms with Crippen LogP contribution in [0, 0.1) is 11.3 Å². The van der Waals surface area contributed by atoms with Crippen LogP contribution >= 0.6 is 0 Å². The second-order valence-corrected chi connectivity index (χ2v) is 9.06. The first-order valence-corrected chi connectivity index (χ1v) is 12.2. The summed E-state index contributed by atoms with van der Waals surface area (Å²) < 4.78 is 16.7. The molecule has 2 aliphatic heterocycles. The Kier molecular flexibility index (Phi) is 7.86. The maximum Gasteiger partial charge on any atom is 0.254 e. The highest BCUT2D eigenvalue weighted by Crippen LogP contribution is 2.40. The molecule has 1 aromatic heterocycles. The van der Waals surface area contributed by atoms with Crippen molar-refractivity contribution in [2.75, 3.05) is 33.9 Å². The zero-order valence-electron chi connectivity index (χ0n) is 21.1. The molecule has 2 amide bonds. The number of nitrogens with one attached hydrogen (secondary N) is 3. The largest absolute Gasteiger partial charge is 0.496 e. The van der Waals surface area contributed by atoms with Crippen LogP contribution in [0.2, 0.25) is 0 Å². The number of nitrogens with two attached hydrogens (primary N) is 1. The number of ether oxygens (including phenoxy) is 2. The summed E-state index contributed by atoms with van der Waals surface area (Å²) in [6.45, 7) is 5.53. The maximum atomic E-state index is 12.6. The van der Waals surface area contributed by atoms with E-state index >= 15 is 0 Å². The predicted octanol–water partition coefficient (Wildman–Crippen LogP) is 2.40. The molecule has 5 N–H and O–H groups in total. The van der Waals surface area contributed by atoms with Gasteiger partial charge in [0.15, 0.2) is 0 Å². The van der Waals surface area contributed by atoms with Crippen LogP contribution < -0.4 is 25.8 Å². The minimum Gasteiger partial charge on any atom is -0.496 e. The summed E-state index contributed by atoms with van der Waals surface area (Å²) in [5.41, 5.74) is 6.81. The molecule has 1 aromatic carbocycles. The molecule has 1 atom stereocenters. The number of primary amides is 1. The fraction of sp³-hybridized carbons (Fsp3) is 0.370. The summed E-state index contributed by atoms with van der Waals surface area (Å²) in [5, 5.41) is 15.6. The third-order valence-corrected chi connectivity index (χ3v) is 6.99. The van der Waals surface area contributed by atoms with Gasteiger partial charge in [-0.2, -0.15) is 0 Å². The molecule has 2 fully saturated rings. The SMILES string of the molecule is C=CC(=O)N1CCC(C2CCN/C(=C(/C(=N)c3cc(OC)c(-c4ccco4)c(OC)c3)C(N)=O)N2)CC1. The molecule has 196 valence electrons. The zero-order chi connectivity index (χ0) is 26.5. The lowest BCUT2D eigenvalue weighted by Crippen LogP contribution is -2.51. The quantitative estimate of drug-likeness (QED) is 0.317. The highest BCUT2D eigenvalue weighted by atomic mass is 16.5. The first-order valence-electron chi connectivity index (χ1n) is 12.2. The van der Waals surface area contributed by atoms with E-state index in [-0.39, 0.29) is 23.2 Å². The highest BCUT2D eigenvalue weighted by Gasteiger charge is 2.32. The number of amides is 2. The van der Waals surface area contributed by atoms with Gasteiger partial charge in [-0.3, -0.25) is 15.0 Å². The summed E-state index contributed by atoms with van der Waals surface area (Å²) in [6, 6.07) is 6.97. The summed E-state index contributed by atoms with van der Waals surface area (Å²) >= 11 is 0. The summed E-state index contributed by atoms with van der Waals surface area (Å²) in [4.78, 5) is 26.4. The Balaban J connectivity index is 1.62. The molecular weight excluding hydrogens is 474 g/mol. The lowest BCUT2D eigenvalue weighted by molar-refractivity contribution is -0.127. The molecule has 3 heterocycles. The second-order valence-electron chi connectivity index (χ2n) is 9.06. The van der Waals surface area contributed by atoms with Gasteiger partial charge in [-0.1, -0.05) is 6.58 Å². The Morgan fingerprint density at radius 1 is 1.19 bits per heavy atom. The molecule has 2 aromatic rings. The lowest BCUT2D eigenvalue weighted by Gasteiger charge is -2.39. The molecule has 0 aliphatic carbocycles. The molecule has 37 heavy (non-hydrogen) atoms. The smallest absolute Gasteiger partial charge is 0.254 e. The number of carbonyl (C=O) groups excluding carboxylic acids is 2. The molecule has 0 spiro atoms. The Bertz CT molecular complexity index is 1190. The summed E-state index contributed by atoms with van der Waals surface area (Å²) in [6.07, 6.45) is 5.44. The minimum atomic E-state index is -0.722. The normalized spacial score (nSPS) is 19.3. The topological polar surface area (TPSA) is 143 Å². The van der Waals surface area contributed by atoms with Gasteiger partial charge in [0, 0.05) is 31.2 Å². The van der Waals surface area contributed by atoms with Crippen LogP contribution in [0.3, 0.4) is 0 Å². The van der Waals surface area contributed by atoms with Crippen molar-refractivity contribution in [1.29, 1.82) is 5.41 Å². The van der Waals surface area contributed by atoms with Crippen molar-refractivity contribution in [3.05, 3.63) is 60.1 Å². The Labute approximate surface area is 216 Å². The van der Waals surface area contributed by atoms with E-state index in [0.717, 1.165) is 19.3 Å². The third kappa shape index (κ3) is 5.32. The Morgan fingerprint density at radius 3 is 2.41 bits per heavy atom. The van der Waals surface area contributed by atoms with Crippen LogP contribution in [-0.2, 0) is 9.59 Å². The van der Waals surface area contributed by atoms with Gasteiger partial charge in [0.25, 0.3) is 5.91 Å². The number of likely N-dealkylation sites (tertiary alicyclic amines) is 1. The van der Waals surface area contributed by atoms with Gasteiger partial charge in [-0.25, -0.2) is 0 Å². The zero-order valence-corrected chi connectivity index (χ0v) is 21.1. The Morgan fingerprint density at radius 2 is 1.86 bits per heavy atom. The average Bonchev–Trinajstić information content (AvgIpc) is 3.46. The van der Waals surface area contributed by atoms with E-state index < -0.39 is 5.91 Å². The fourth-order valence-electron chi connectivity index (χ4n) is 5.06. The molecular formula is C27H33N5O5. The van der Waals surface area contributed by atoms with Gasteiger partial charge < -0.3 is 35.2 Å². The molecule has 10 nitrogen and oxygen atoms in total. The van der Waals surface area contributed by atoms with Gasteiger partial charge in [0.2, 0.25) is 5.91 Å². The summed E-state index contributed by atoms with van der Waals surface area (Å²) in [5.74, 6) is 1.41. The van der Waals surface area contributed by atoms with Crippen LogP contribution in [-0.4, -0.2) is 62.3 Å². The van der Waals surface area contributed by atoms with E-state index in [1.165, 1.54) is 20.3 Å². The van der Waals surface area contributed by atoms with Crippen molar-refractivity contribution in [3.8, 4) is 22.8 Å². The van der Waals surface area contributed by atoms with E-state index in [1.807, 2.05) is 0 Å². The lowest BCUT2D eigenvalue weighted by atomic mass is 9.86. The van der Waals surface area contributed by atoms with Crippen molar-refractivity contribution in [2.45, 2.75) is 25.3 Å². The van der Waals surface area contributed by atoms with Gasteiger partial charge in [0.05, 0.1) is 26.2 Å². The van der Waals surface area contributed by atoms with E-state index in [0.29, 0.717) is 59.8 Å². The van der Waals surface area contributed by atoms with Crippen molar-refractivity contribution < 1.29 is 23.5 Å². The highest BCUT2D eigenvalue weighted by molar-refractivity contribution is 6.27. The number of nitrogens with zero attached hydrogens (tertiary/aromatic N) is 1. The van der Waals surface area contributed by atoms with E-state index in [9.17, 15) is 9.59 Å². The van der Waals surface area contributed by atoms with Gasteiger partial charge in [-0.05, 0) is 55.5 Å². The maximum absolute atomic E-state index is 12.6. The Hall–Kier alpha value is -4.21. The van der Waals surface area contributed by atoms with Crippen LogP contribution in [0.15, 0.2) is 59.0 Å². The molecule has 2 saturated heterocycles. The van der Waals surface area contributed by atoms with Crippen molar-refractivity contribution in [2.24, 2.45) is 11.7 Å². The predicted molar refractivity (Wildman–Crippen MR) is 139 cm³/mol. The number of benzene rings is 1. The van der Waals surface area contributed by atoms with E-state index in [1.54, 1.807) is 35.4 Å². The molecule has 0 bridgehead atoms. The van der Waals surface area contributed by atoms with Crippen LogP contribution in [0.4, 0.5) is 0 Å². The van der Waals surface area contributed by atoms with Gasteiger partial charge in [-0.15, -0.1) is 0 Å². The summed E-state index contributed by atoms with van der Waals surface area (Å²) in [7, 11) is 3.04. The first-order chi connectivity index (χ1) is 17.9. The van der Waals surface area contributed by atoms with E-state index in [4.69, 9.17) is 25.0 Å².